The number of ether oxygens (including phenoxy) is 1. The fourth-order valence-electron chi connectivity index (χ4n) is 3.28. The predicted octanol–water partition coefficient (Wildman–Crippen LogP) is 5.18. The Morgan fingerprint density at radius 2 is 1.65 bits per heavy atom. The van der Waals surface area contributed by atoms with Gasteiger partial charge in [0.05, 0.1) is 7.11 Å². The average Bonchev–Trinajstić information content (AvgIpc) is 3.06. The van der Waals surface area contributed by atoms with E-state index in [-0.39, 0.29) is 0 Å². The second-order valence-electron chi connectivity index (χ2n) is 5.86. The van der Waals surface area contributed by atoms with Crippen molar-refractivity contribution in [2.45, 2.75) is 12.8 Å². The van der Waals surface area contributed by atoms with Crippen molar-refractivity contribution in [3.8, 4) is 16.9 Å². The van der Waals surface area contributed by atoms with Crippen LogP contribution in [0.2, 0.25) is 0 Å². The van der Waals surface area contributed by atoms with Gasteiger partial charge in [-0.1, -0.05) is 42.5 Å². The molecule has 0 saturated heterocycles. The molecule has 23 heavy (non-hydrogen) atoms. The SMILES string of the molecule is COc1ccc(C2=Cc3[nH]cc(-c4ccccc4)c3CC2)cc1. The van der Waals surface area contributed by atoms with E-state index in [1.807, 2.05) is 12.1 Å². The number of allylic oxidation sites excluding steroid dienone is 1. The van der Waals surface area contributed by atoms with Crippen LogP contribution in [-0.4, -0.2) is 12.1 Å². The number of H-pyrrole nitrogens is 1. The van der Waals surface area contributed by atoms with Gasteiger partial charge in [0.2, 0.25) is 0 Å². The molecule has 1 aliphatic rings. The van der Waals surface area contributed by atoms with Gasteiger partial charge in [-0.25, -0.2) is 0 Å². The zero-order valence-corrected chi connectivity index (χ0v) is 13.2. The molecule has 1 heterocycles. The lowest BCUT2D eigenvalue weighted by Crippen LogP contribution is -1.98. The summed E-state index contributed by atoms with van der Waals surface area (Å²) < 4.78 is 5.24. The fraction of sp³-hybridized carbons (Fsp3) is 0.143. The molecular formula is C21H19NO. The van der Waals surface area contributed by atoms with Crippen LogP contribution in [0.1, 0.15) is 23.2 Å². The molecule has 0 radical (unpaired) electrons. The molecule has 0 amide bonds. The first kappa shape index (κ1) is 13.9. The van der Waals surface area contributed by atoms with Crippen molar-refractivity contribution in [3.63, 3.8) is 0 Å². The Morgan fingerprint density at radius 3 is 2.39 bits per heavy atom. The van der Waals surface area contributed by atoms with Gasteiger partial charge in [-0.15, -0.1) is 0 Å². The van der Waals surface area contributed by atoms with Crippen molar-refractivity contribution in [3.05, 3.63) is 77.6 Å². The Hall–Kier alpha value is -2.74. The minimum atomic E-state index is 0.900. The maximum Gasteiger partial charge on any atom is 0.118 e. The van der Waals surface area contributed by atoms with E-state index in [9.17, 15) is 0 Å². The Balaban J connectivity index is 1.69. The quantitative estimate of drug-likeness (QED) is 0.708. The Kier molecular flexibility index (Phi) is 3.51. The Bertz CT molecular complexity index is 841. The normalized spacial score (nSPS) is 13.3. The predicted molar refractivity (Wildman–Crippen MR) is 95.4 cm³/mol. The topological polar surface area (TPSA) is 25.0 Å². The van der Waals surface area contributed by atoms with Gasteiger partial charge in [0.25, 0.3) is 0 Å². The Labute approximate surface area is 136 Å². The van der Waals surface area contributed by atoms with Gasteiger partial charge in [-0.05, 0) is 53.3 Å². The summed E-state index contributed by atoms with van der Waals surface area (Å²) in [7, 11) is 1.70. The second-order valence-corrected chi connectivity index (χ2v) is 5.86. The molecule has 1 N–H and O–H groups in total. The molecule has 0 unspecified atom stereocenters. The summed E-state index contributed by atoms with van der Waals surface area (Å²) in [5.41, 5.74) is 7.92. The molecule has 0 saturated carbocycles. The van der Waals surface area contributed by atoms with Gasteiger partial charge in [0.1, 0.15) is 5.75 Å². The van der Waals surface area contributed by atoms with E-state index >= 15 is 0 Å². The maximum absolute atomic E-state index is 5.24. The van der Waals surface area contributed by atoms with E-state index in [0.29, 0.717) is 0 Å². The molecule has 0 bridgehead atoms. The van der Waals surface area contributed by atoms with Gasteiger partial charge in [-0.3, -0.25) is 0 Å². The number of benzene rings is 2. The van der Waals surface area contributed by atoms with Gasteiger partial charge < -0.3 is 9.72 Å². The standard InChI is InChI=1S/C21H19NO/c1-23-18-10-7-15(8-11-18)17-9-12-19-20(14-22-21(19)13-17)16-5-3-2-4-6-16/h2-8,10-11,13-14,22H,9,12H2,1H3. The third kappa shape index (κ3) is 2.57. The number of hydrogen-bond donors (Lipinski definition) is 1. The third-order valence-corrected chi connectivity index (χ3v) is 4.53. The summed E-state index contributed by atoms with van der Waals surface area (Å²) in [6.45, 7) is 0. The van der Waals surface area contributed by atoms with Crippen molar-refractivity contribution in [1.29, 1.82) is 0 Å². The minimum Gasteiger partial charge on any atom is -0.497 e. The lowest BCUT2D eigenvalue weighted by molar-refractivity contribution is 0.415. The summed E-state index contributed by atoms with van der Waals surface area (Å²) in [5.74, 6) is 0.900. The van der Waals surface area contributed by atoms with Crippen LogP contribution in [0, 0.1) is 0 Å². The van der Waals surface area contributed by atoms with Crippen LogP contribution in [0.3, 0.4) is 0 Å². The highest BCUT2D eigenvalue weighted by Gasteiger charge is 2.17. The summed E-state index contributed by atoms with van der Waals surface area (Å²) >= 11 is 0. The van der Waals surface area contributed by atoms with Gasteiger partial charge in [0.15, 0.2) is 0 Å². The molecule has 0 aliphatic heterocycles. The van der Waals surface area contributed by atoms with E-state index in [4.69, 9.17) is 4.74 Å². The molecule has 2 nitrogen and oxygen atoms in total. The second kappa shape index (κ2) is 5.81. The first-order chi connectivity index (χ1) is 11.3. The first-order valence-electron chi connectivity index (χ1n) is 7.96. The molecule has 4 rings (SSSR count). The van der Waals surface area contributed by atoms with Crippen LogP contribution in [0.5, 0.6) is 5.75 Å². The lowest BCUT2D eigenvalue weighted by Gasteiger charge is -2.15. The van der Waals surface area contributed by atoms with Gasteiger partial charge >= 0.3 is 0 Å². The van der Waals surface area contributed by atoms with E-state index in [1.165, 1.54) is 33.5 Å². The number of rotatable bonds is 3. The number of aromatic amines is 1. The van der Waals surface area contributed by atoms with Crippen molar-refractivity contribution < 1.29 is 4.74 Å². The highest BCUT2D eigenvalue weighted by atomic mass is 16.5. The molecule has 0 spiro atoms. The maximum atomic E-state index is 5.24. The van der Waals surface area contributed by atoms with Crippen LogP contribution < -0.4 is 4.74 Å². The van der Waals surface area contributed by atoms with Crippen molar-refractivity contribution in [2.75, 3.05) is 7.11 Å². The number of nitrogens with one attached hydrogen (secondary N) is 1. The summed E-state index contributed by atoms with van der Waals surface area (Å²) in [5, 5.41) is 0. The largest absolute Gasteiger partial charge is 0.497 e. The molecule has 3 aromatic rings. The molecular weight excluding hydrogens is 282 g/mol. The van der Waals surface area contributed by atoms with Crippen molar-refractivity contribution in [1.82, 2.24) is 4.98 Å². The summed E-state index contributed by atoms with van der Waals surface area (Å²) in [4.78, 5) is 3.45. The third-order valence-electron chi connectivity index (χ3n) is 4.53. The minimum absolute atomic E-state index is 0.900. The molecule has 114 valence electrons. The highest BCUT2D eigenvalue weighted by molar-refractivity contribution is 5.86. The zero-order chi connectivity index (χ0) is 15.6. The van der Waals surface area contributed by atoms with Crippen LogP contribution in [0.4, 0.5) is 0 Å². The van der Waals surface area contributed by atoms with Crippen molar-refractivity contribution >= 4 is 11.6 Å². The number of aromatic nitrogens is 1. The average molecular weight is 301 g/mol. The Morgan fingerprint density at radius 1 is 0.870 bits per heavy atom. The van der Waals surface area contributed by atoms with Crippen molar-refractivity contribution in [2.24, 2.45) is 0 Å². The van der Waals surface area contributed by atoms with E-state index in [2.05, 4.69) is 59.7 Å². The number of fused-ring (bicyclic) bond motifs is 1. The monoisotopic (exact) mass is 301 g/mol. The molecule has 0 atom stereocenters. The van der Waals surface area contributed by atoms with Crippen LogP contribution in [0.15, 0.2) is 60.8 Å². The molecule has 1 aromatic heterocycles. The first-order valence-corrected chi connectivity index (χ1v) is 7.96. The smallest absolute Gasteiger partial charge is 0.118 e. The van der Waals surface area contributed by atoms with Crippen LogP contribution in [-0.2, 0) is 6.42 Å². The lowest BCUT2D eigenvalue weighted by atomic mass is 9.89. The number of methoxy groups -OCH3 is 1. The zero-order valence-electron chi connectivity index (χ0n) is 13.2. The molecule has 1 aliphatic carbocycles. The van der Waals surface area contributed by atoms with E-state index in [1.54, 1.807) is 7.11 Å². The summed E-state index contributed by atoms with van der Waals surface area (Å²) in [6.07, 6.45) is 6.55. The van der Waals surface area contributed by atoms with Crippen LogP contribution in [0.25, 0.3) is 22.8 Å². The highest BCUT2D eigenvalue weighted by Crippen LogP contribution is 2.36. The van der Waals surface area contributed by atoms with E-state index < -0.39 is 0 Å². The molecule has 2 heteroatoms. The van der Waals surface area contributed by atoms with Crippen LogP contribution >= 0.6 is 0 Å². The number of hydrogen-bond acceptors (Lipinski definition) is 1. The summed E-state index contributed by atoms with van der Waals surface area (Å²) in [6, 6.07) is 18.9. The van der Waals surface area contributed by atoms with Gasteiger partial charge in [-0.2, -0.15) is 0 Å². The fourth-order valence-corrected chi connectivity index (χ4v) is 3.28. The molecule has 2 aromatic carbocycles. The molecule has 0 fully saturated rings. The van der Waals surface area contributed by atoms with Gasteiger partial charge in [0, 0.05) is 17.5 Å². The van der Waals surface area contributed by atoms with E-state index in [0.717, 1.165) is 18.6 Å².